The summed E-state index contributed by atoms with van der Waals surface area (Å²) < 4.78 is 5.10. The van der Waals surface area contributed by atoms with E-state index < -0.39 is 0 Å². The molecule has 0 bridgehead atoms. The predicted molar refractivity (Wildman–Crippen MR) is 98.2 cm³/mol. The van der Waals surface area contributed by atoms with Crippen LogP contribution >= 0.6 is 0 Å². The van der Waals surface area contributed by atoms with Crippen molar-refractivity contribution in [1.29, 1.82) is 0 Å². The first-order chi connectivity index (χ1) is 12.7. The van der Waals surface area contributed by atoms with Crippen LogP contribution in [0.1, 0.15) is 40.2 Å². The summed E-state index contributed by atoms with van der Waals surface area (Å²) >= 11 is 0. The Labute approximate surface area is 152 Å². The van der Waals surface area contributed by atoms with E-state index in [1.165, 1.54) is 19.1 Å². The van der Waals surface area contributed by atoms with E-state index in [1.54, 1.807) is 36.4 Å². The van der Waals surface area contributed by atoms with Crippen LogP contribution in [0.25, 0.3) is 0 Å². The van der Waals surface area contributed by atoms with Crippen LogP contribution in [0.2, 0.25) is 0 Å². The number of carbonyl (C=O) groups is 2. The van der Waals surface area contributed by atoms with Gasteiger partial charge in [0.25, 0.3) is 11.8 Å². The summed E-state index contributed by atoms with van der Waals surface area (Å²) in [5, 5.41) is 2.77. The first-order valence-electron chi connectivity index (χ1n) is 9.19. The van der Waals surface area contributed by atoms with Crippen LogP contribution in [0.5, 0.6) is 0 Å². The summed E-state index contributed by atoms with van der Waals surface area (Å²) in [7, 11) is 0. The normalized spacial score (nSPS) is 20.5. The number of nitrogens with zero attached hydrogens (tertiary/aromatic N) is 2. The van der Waals surface area contributed by atoms with Gasteiger partial charge >= 0.3 is 0 Å². The molecule has 2 aliphatic rings. The number of hydrogen-bond donors (Lipinski definition) is 1. The highest BCUT2D eigenvalue weighted by molar-refractivity contribution is 6.03. The van der Waals surface area contributed by atoms with Gasteiger partial charge in [0.15, 0.2) is 5.76 Å². The van der Waals surface area contributed by atoms with Gasteiger partial charge in [0.05, 0.1) is 6.26 Å². The maximum absolute atomic E-state index is 12.9. The molecular weight excluding hydrogens is 330 g/mol. The number of anilines is 1. The van der Waals surface area contributed by atoms with E-state index in [0.717, 1.165) is 32.6 Å². The SMILES string of the molecule is O=C(Nc1cccc(C(=O)N2CC[C@@H](N3CCCC3)C2)c1)c1ccco1. The zero-order valence-corrected chi connectivity index (χ0v) is 14.7. The van der Waals surface area contributed by atoms with E-state index in [2.05, 4.69) is 10.2 Å². The predicted octanol–water partition coefficient (Wildman–Crippen LogP) is 2.84. The molecule has 2 aromatic rings. The molecule has 3 heterocycles. The first kappa shape index (κ1) is 16.8. The van der Waals surface area contributed by atoms with Crippen molar-refractivity contribution in [3.8, 4) is 0 Å². The number of likely N-dealkylation sites (tertiary alicyclic amines) is 2. The average molecular weight is 353 g/mol. The molecule has 0 aliphatic carbocycles. The summed E-state index contributed by atoms with van der Waals surface area (Å²) in [6.07, 6.45) is 5.03. The monoisotopic (exact) mass is 353 g/mol. The second-order valence-corrected chi connectivity index (χ2v) is 6.95. The number of benzene rings is 1. The van der Waals surface area contributed by atoms with Crippen molar-refractivity contribution in [2.24, 2.45) is 0 Å². The van der Waals surface area contributed by atoms with Crippen molar-refractivity contribution in [1.82, 2.24) is 9.80 Å². The topological polar surface area (TPSA) is 65.8 Å². The van der Waals surface area contributed by atoms with E-state index >= 15 is 0 Å². The Hall–Kier alpha value is -2.60. The summed E-state index contributed by atoms with van der Waals surface area (Å²) in [6.45, 7) is 3.90. The van der Waals surface area contributed by atoms with Crippen molar-refractivity contribution in [3.05, 3.63) is 54.0 Å². The van der Waals surface area contributed by atoms with Gasteiger partial charge in [-0.3, -0.25) is 14.5 Å². The third-order valence-corrected chi connectivity index (χ3v) is 5.22. The van der Waals surface area contributed by atoms with E-state index in [-0.39, 0.29) is 17.6 Å². The van der Waals surface area contributed by atoms with E-state index in [1.807, 2.05) is 4.90 Å². The molecule has 1 aromatic carbocycles. The molecular formula is C20H23N3O3. The first-order valence-corrected chi connectivity index (χ1v) is 9.19. The minimum absolute atomic E-state index is 0.0285. The van der Waals surface area contributed by atoms with Crippen molar-refractivity contribution < 1.29 is 14.0 Å². The lowest BCUT2D eigenvalue weighted by Crippen LogP contribution is -2.37. The molecule has 0 saturated carbocycles. The highest BCUT2D eigenvalue weighted by Crippen LogP contribution is 2.22. The second-order valence-electron chi connectivity index (χ2n) is 6.95. The molecule has 26 heavy (non-hydrogen) atoms. The standard InChI is InChI=1S/C20H23N3O3/c24-19(18-7-4-12-26-18)21-16-6-3-5-15(13-16)20(25)23-11-8-17(14-23)22-9-1-2-10-22/h3-7,12-13,17H,1-2,8-11,14H2,(H,21,24)/t17-/m1/s1. The maximum atomic E-state index is 12.9. The zero-order chi connectivity index (χ0) is 17.9. The molecule has 2 aliphatic heterocycles. The van der Waals surface area contributed by atoms with E-state index in [9.17, 15) is 9.59 Å². The maximum Gasteiger partial charge on any atom is 0.291 e. The summed E-state index contributed by atoms with van der Waals surface area (Å²) in [6, 6.07) is 10.9. The van der Waals surface area contributed by atoms with E-state index in [4.69, 9.17) is 4.42 Å². The minimum atomic E-state index is -0.324. The molecule has 2 saturated heterocycles. The van der Waals surface area contributed by atoms with Crippen molar-refractivity contribution in [2.75, 3.05) is 31.5 Å². The van der Waals surface area contributed by atoms with Crippen LogP contribution in [-0.2, 0) is 0 Å². The molecule has 1 atom stereocenters. The van der Waals surface area contributed by atoms with Crippen molar-refractivity contribution in [2.45, 2.75) is 25.3 Å². The molecule has 6 heteroatoms. The molecule has 1 N–H and O–H groups in total. The Morgan fingerprint density at radius 2 is 1.92 bits per heavy atom. The van der Waals surface area contributed by atoms with Crippen molar-refractivity contribution >= 4 is 17.5 Å². The third-order valence-electron chi connectivity index (χ3n) is 5.22. The quantitative estimate of drug-likeness (QED) is 0.918. The minimum Gasteiger partial charge on any atom is -0.459 e. The van der Waals surface area contributed by atoms with Gasteiger partial charge in [-0.1, -0.05) is 6.07 Å². The van der Waals surface area contributed by atoms with Gasteiger partial charge in [0, 0.05) is 30.4 Å². The lowest BCUT2D eigenvalue weighted by Gasteiger charge is -2.23. The fourth-order valence-corrected chi connectivity index (χ4v) is 3.84. The third kappa shape index (κ3) is 3.51. The van der Waals surface area contributed by atoms with Gasteiger partial charge in [-0.15, -0.1) is 0 Å². The summed E-state index contributed by atoms with van der Waals surface area (Å²) in [4.78, 5) is 29.4. The molecule has 2 amide bonds. The molecule has 6 nitrogen and oxygen atoms in total. The van der Waals surface area contributed by atoms with Gasteiger partial charge in [-0.05, 0) is 62.7 Å². The number of nitrogens with one attached hydrogen (secondary N) is 1. The number of carbonyl (C=O) groups excluding carboxylic acids is 2. The van der Waals surface area contributed by atoms with Gasteiger partial charge in [0.2, 0.25) is 0 Å². The van der Waals surface area contributed by atoms with Crippen molar-refractivity contribution in [3.63, 3.8) is 0 Å². The number of amides is 2. The average Bonchev–Trinajstić information content (AvgIpc) is 3.43. The number of rotatable bonds is 4. The Bertz CT molecular complexity index is 781. The van der Waals surface area contributed by atoms with Gasteiger partial charge in [-0.2, -0.15) is 0 Å². The van der Waals surface area contributed by atoms with Crippen LogP contribution in [-0.4, -0.2) is 53.8 Å². The number of hydrogen-bond acceptors (Lipinski definition) is 4. The molecule has 1 aromatic heterocycles. The largest absolute Gasteiger partial charge is 0.459 e. The second kappa shape index (κ2) is 7.33. The highest BCUT2D eigenvalue weighted by atomic mass is 16.3. The van der Waals surface area contributed by atoms with Crippen LogP contribution in [0, 0.1) is 0 Å². The van der Waals surface area contributed by atoms with Gasteiger partial charge in [0.1, 0.15) is 0 Å². The molecule has 2 fully saturated rings. The molecule has 0 radical (unpaired) electrons. The Balaban J connectivity index is 1.41. The van der Waals surface area contributed by atoms with Crippen LogP contribution in [0.3, 0.4) is 0 Å². The van der Waals surface area contributed by atoms with Gasteiger partial charge < -0.3 is 14.6 Å². The lowest BCUT2D eigenvalue weighted by molar-refractivity contribution is 0.0779. The highest BCUT2D eigenvalue weighted by Gasteiger charge is 2.31. The molecule has 0 spiro atoms. The lowest BCUT2D eigenvalue weighted by atomic mass is 10.1. The Morgan fingerprint density at radius 3 is 2.69 bits per heavy atom. The zero-order valence-electron chi connectivity index (χ0n) is 14.7. The molecule has 4 rings (SSSR count). The smallest absolute Gasteiger partial charge is 0.291 e. The van der Waals surface area contributed by atoms with Crippen LogP contribution < -0.4 is 5.32 Å². The van der Waals surface area contributed by atoms with Gasteiger partial charge in [-0.25, -0.2) is 0 Å². The molecule has 136 valence electrons. The number of furan rings is 1. The van der Waals surface area contributed by atoms with E-state index in [0.29, 0.717) is 17.3 Å². The Kier molecular flexibility index (Phi) is 4.75. The van der Waals surface area contributed by atoms with Crippen LogP contribution in [0.15, 0.2) is 47.1 Å². The molecule has 0 unspecified atom stereocenters. The fourth-order valence-electron chi connectivity index (χ4n) is 3.84. The van der Waals surface area contributed by atoms with Crippen LogP contribution in [0.4, 0.5) is 5.69 Å². The Morgan fingerprint density at radius 1 is 1.08 bits per heavy atom. The summed E-state index contributed by atoms with van der Waals surface area (Å²) in [5.41, 5.74) is 1.19. The summed E-state index contributed by atoms with van der Waals surface area (Å²) in [5.74, 6) is -0.0506. The fraction of sp³-hybridized carbons (Fsp3) is 0.400.